The fourth-order valence-corrected chi connectivity index (χ4v) is 1.06. The molecule has 0 rings (SSSR count). The van der Waals surface area contributed by atoms with Gasteiger partial charge in [-0.2, -0.15) is 0 Å². The van der Waals surface area contributed by atoms with Crippen molar-refractivity contribution in [1.82, 2.24) is 0 Å². The number of alkyl halides is 6. The van der Waals surface area contributed by atoms with Crippen molar-refractivity contribution in [2.24, 2.45) is 0 Å². The molecule has 0 aliphatic carbocycles. The molecule has 0 aromatic carbocycles. The minimum Gasteiger partial charge on any atom is -0.357 e. The number of rotatable bonds is 4. The van der Waals surface area contributed by atoms with E-state index in [-0.39, 0.29) is 0 Å². The molecule has 0 saturated carbocycles. The van der Waals surface area contributed by atoms with Crippen LogP contribution in [0.1, 0.15) is 12.8 Å². The van der Waals surface area contributed by atoms with Gasteiger partial charge in [0.05, 0.1) is 10.8 Å². The van der Waals surface area contributed by atoms with E-state index >= 15 is 0 Å². The highest BCUT2D eigenvalue weighted by atomic mass is 35.5. The van der Waals surface area contributed by atoms with E-state index in [2.05, 4.69) is 28.8 Å². The predicted molar refractivity (Wildman–Crippen MR) is 76.1 cm³/mol. The second kappa shape index (κ2) is 10.6. The molecule has 2 atom stereocenters. The van der Waals surface area contributed by atoms with Crippen LogP contribution in [0.3, 0.4) is 0 Å². The second-order valence-corrected chi connectivity index (χ2v) is 6.22. The maximum absolute atomic E-state index is 5.73. The molecule has 17 heavy (non-hydrogen) atoms. The van der Waals surface area contributed by atoms with E-state index in [4.69, 9.17) is 69.6 Å². The molecule has 0 bridgehead atoms. The molecule has 0 heterocycles. The van der Waals surface area contributed by atoms with Crippen LogP contribution in [-0.2, 0) is 4.74 Å². The third-order valence-corrected chi connectivity index (χ3v) is 3.93. The van der Waals surface area contributed by atoms with Gasteiger partial charge in [-0.25, -0.2) is 0 Å². The molecule has 1 nitrogen and oxygen atoms in total. The van der Waals surface area contributed by atoms with Crippen LogP contribution in [0.15, 0.2) is 0 Å². The van der Waals surface area contributed by atoms with E-state index in [1.807, 2.05) is 0 Å². The lowest BCUT2D eigenvalue weighted by molar-refractivity contribution is 0.477. The van der Waals surface area contributed by atoms with E-state index in [1.165, 1.54) is 0 Å². The molecule has 0 amide bonds. The molecule has 0 N–H and O–H groups in total. The van der Waals surface area contributed by atoms with Gasteiger partial charge in [-0.1, -0.05) is 11.8 Å². The molecular weight excluding hydrogens is 349 g/mol. The summed E-state index contributed by atoms with van der Waals surface area (Å²) >= 11 is 33.5. The summed E-state index contributed by atoms with van der Waals surface area (Å²) in [6, 6.07) is 0. The van der Waals surface area contributed by atoms with Crippen molar-refractivity contribution in [3.05, 3.63) is 0 Å². The number of hydrogen-bond donors (Lipinski definition) is 0. The van der Waals surface area contributed by atoms with Gasteiger partial charge in [0.1, 0.15) is 21.9 Å². The summed E-state index contributed by atoms with van der Waals surface area (Å²) in [5.74, 6) is 5.23. The standard InChI is InChI=1S/C10H8Cl6O/c11-7(9(13)14)3-1-5-17-6-2-4-8(12)10(15)16/h7-10H,3-4H2. The quantitative estimate of drug-likeness (QED) is 0.531. The lowest BCUT2D eigenvalue weighted by Gasteiger charge is -2.03. The number of hydrogen-bond acceptors (Lipinski definition) is 1. The third-order valence-electron chi connectivity index (χ3n) is 1.39. The molecule has 0 fully saturated rings. The highest BCUT2D eigenvalue weighted by Gasteiger charge is 2.11. The molecule has 7 heteroatoms. The van der Waals surface area contributed by atoms with Crippen LogP contribution in [0, 0.1) is 24.1 Å². The van der Waals surface area contributed by atoms with Crippen molar-refractivity contribution in [3.8, 4) is 24.1 Å². The first-order valence-electron chi connectivity index (χ1n) is 4.41. The lowest BCUT2D eigenvalue weighted by atomic mass is 10.3. The first-order valence-corrected chi connectivity index (χ1v) is 7.03. The molecule has 0 radical (unpaired) electrons. The zero-order chi connectivity index (χ0) is 13.3. The zero-order valence-electron chi connectivity index (χ0n) is 8.40. The topological polar surface area (TPSA) is 9.23 Å². The Bertz CT molecular complexity index is 289. The van der Waals surface area contributed by atoms with Gasteiger partial charge in [0, 0.05) is 12.8 Å². The minimum atomic E-state index is -0.668. The molecule has 0 aromatic rings. The Kier molecular flexibility index (Phi) is 11.0. The fourth-order valence-electron chi connectivity index (χ4n) is 0.554. The van der Waals surface area contributed by atoms with E-state index in [0.717, 1.165) is 0 Å². The van der Waals surface area contributed by atoms with Gasteiger partial charge in [-0.05, 0) is 0 Å². The fraction of sp³-hybridized carbons (Fsp3) is 0.600. The van der Waals surface area contributed by atoms with E-state index in [1.54, 1.807) is 0 Å². The summed E-state index contributed by atoms with van der Waals surface area (Å²) in [7, 11) is 0. The highest BCUT2D eigenvalue weighted by Crippen LogP contribution is 2.17. The van der Waals surface area contributed by atoms with Crippen LogP contribution in [-0.4, -0.2) is 20.4 Å². The maximum Gasteiger partial charge on any atom is 0.130 e. The Morgan fingerprint density at radius 3 is 1.35 bits per heavy atom. The number of halogens is 6. The second-order valence-electron chi connectivity index (χ2n) is 2.77. The zero-order valence-corrected chi connectivity index (χ0v) is 12.9. The molecule has 96 valence electrons. The highest BCUT2D eigenvalue weighted by molar-refractivity contribution is 6.48. The minimum absolute atomic E-state index is 0.310. The van der Waals surface area contributed by atoms with Crippen LogP contribution in [0.5, 0.6) is 0 Å². The normalized spacial score (nSPS) is 13.4. The Balaban J connectivity index is 3.77. The third kappa shape index (κ3) is 10.3. The predicted octanol–water partition coefficient (Wildman–Crippen LogP) is 4.53. The van der Waals surface area contributed by atoms with Crippen molar-refractivity contribution < 1.29 is 4.74 Å². The van der Waals surface area contributed by atoms with E-state index in [9.17, 15) is 0 Å². The van der Waals surface area contributed by atoms with Crippen molar-refractivity contribution >= 4 is 69.6 Å². The van der Waals surface area contributed by atoms with E-state index in [0.29, 0.717) is 12.8 Å². The molecule has 0 saturated heterocycles. The largest absolute Gasteiger partial charge is 0.357 e. The summed E-state index contributed by atoms with van der Waals surface area (Å²) in [6.45, 7) is 0. The monoisotopic (exact) mass is 354 g/mol. The maximum atomic E-state index is 5.73. The Morgan fingerprint density at radius 1 is 0.706 bits per heavy atom. The van der Waals surface area contributed by atoms with Crippen LogP contribution in [0.4, 0.5) is 0 Å². The van der Waals surface area contributed by atoms with Gasteiger partial charge < -0.3 is 4.74 Å². The summed E-state index contributed by atoms with van der Waals surface area (Å²) in [5.41, 5.74) is 0. The first-order chi connectivity index (χ1) is 7.95. The van der Waals surface area contributed by atoms with Crippen LogP contribution in [0.2, 0.25) is 0 Å². The van der Waals surface area contributed by atoms with Gasteiger partial charge in [0.2, 0.25) is 0 Å². The number of ether oxygens (including phenoxy) is 1. The van der Waals surface area contributed by atoms with Crippen LogP contribution in [0.25, 0.3) is 0 Å². The molecule has 0 spiro atoms. The smallest absolute Gasteiger partial charge is 0.130 e. The Hall–Kier alpha value is 0.660. The average Bonchev–Trinajstić information content (AvgIpc) is 2.26. The van der Waals surface area contributed by atoms with Gasteiger partial charge in [-0.15, -0.1) is 69.6 Å². The summed E-state index contributed by atoms with van der Waals surface area (Å²) in [4.78, 5) is -1.34. The average molecular weight is 357 g/mol. The lowest BCUT2D eigenvalue weighted by Crippen LogP contribution is -2.06. The van der Waals surface area contributed by atoms with Gasteiger partial charge >= 0.3 is 0 Å². The first kappa shape index (κ1) is 17.7. The van der Waals surface area contributed by atoms with Crippen molar-refractivity contribution in [1.29, 1.82) is 0 Å². The molecule has 0 aliphatic heterocycles. The summed E-state index contributed by atoms with van der Waals surface area (Å²) < 4.78 is 4.68. The summed E-state index contributed by atoms with van der Waals surface area (Å²) in [6.07, 6.45) is 5.30. The Labute approximate surface area is 131 Å². The molecule has 2 unspecified atom stereocenters. The van der Waals surface area contributed by atoms with Gasteiger partial charge in [0.15, 0.2) is 0 Å². The molecular formula is C10H8Cl6O. The van der Waals surface area contributed by atoms with Crippen molar-refractivity contribution in [2.75, 3.05) is 0 Å². The van der Waals surface area contributed by atoms with Crippen LogP contribution < -0.4 is 0 Å². The molecule has 0 aliphatic rings. The van der Waals surface area contributed by atoms with Crippen molar-refractivity contribution in [3.63, 3.8) is 0 Å². The summed E-state index contributed by atoms with van der Waals surface area (Å²) in [5, 5.41) is -0.884. The van der Waals surface area contributed by atoms with Crippen molar-refractivity contribution in [2.45, 2.75) is 33.3 Å². The van der Waals surface area contributed by atoms with Crippen LogP contribution >= 0.6 is 69.6 Å². The SMILES string of the molecule is ClC(Cl)C(Cl)CC#COC#CCC(Cl)C(Cl)Cl. The Morgan fingerprint density at radius 2 is 1.06 bits per heavy atom. The van der Waals surface area contributed by atoms with Gasteiger partial charge in [-0.3, -0.25) is 0 Å². The molecule has 0 aromatic heterocycles. The van der Waals surface area contributed by atoms with Gasteiger partial charge in [0.25, 0.3) is 0 Å². The van der Waals surface area contributed by atoms with E-state index < -0.39 is 20.4 Å².